The molecule has 0 unspecified atom stereocenters. The maximum atomic E-state index is 12.3. The molecule has 0 heterocycles. The molecule has 5 nitrogen and oxygen atoms in total. The molecule has 5 heteroatoms. The fraction of sp³-hybridized carbons (Fsp3) is 0.579. The second kappa shape index (κ2) is 7.79. The Morgan fingerprint density at radius 1 is 0.958 bits per heavy atom. The van der Waals surface area contributed by atoms with Gasteiger partial charge in [-0.3, -0.25) is 14.5 Å². The molecule has 2 amide bonds. The summed E-state index contributed by atoms with van der Waals surface area (Å²) in [6, 6.07) is 7.81. The number of carbonyl (C=O) groups excluding carboxylic acids is 2. The number of carbonyl (C=O) groups is 2. The highest BCUT2D eigenvalue weighted by Crippen LogP contribution is 2.29. The second-order valence-corrected chi connectivity index (χ2v) is 8.31. The Hall–Kier alpha value is -1.88. The van der Waals surface area contributed by atoms with Gasteiger partial charge in [0, 0.05) is 11.2 Å². The lowest BCUT2D eigenvalue weighted by Gasteiger charge is -2.24. The van der Waals surface area contributed by atoms with Gasteiger partial charge in [0.05, 0.1) is 13.1 Å². The highest BCUT2D eigenvalue weighted by atomic mass is 16.2. The number of nitrogens with one attached hydrogen (secondary N) is 2. The predicted molar refractivity (Wildman–Crippen MR) is 99.2 cm³/mol. The van der Waals surface area contributed by atoms with Gasteiger partial charge in [-0.15, -0.1) is 0 Å². The molecule has 0 radical (unpaired) electrons. The van der Waals surface area contributed by atoms with Crippen LogP contribution in [0.1, 0.15) is 47.1 Å². The van der Waals surface area contributed by atoms with E-state index in [1.54, 1.807) is 11.9 Å². The second-order valence-electron chi connectivity index (χ2n) is 8.31. The normalized spacial score (nSPS) is 12.2. The lowest BCUT2D eigenvalue weighted by Crippen LogP contribution is -2.46. The number of likely N-dealkylation sites (N-methyl/N-ethyl adjacent to an activating group) is 1. The first-order valence-electron chi connectivity index (χ1n) is 8.27. The molecule has 0 aromatic heterocycles. The highest BCUT2D eigenvalue weighted by Gasteiger charge is 2.20. The van der Waals surface area contributed by atoms with Gasteiger partial charge in [0.15, 0.2) is 0 Å². The molecule has 0 spiro atoms. The van der Waals surface area contributed by atoms with Crippen LogP contribution in [-0.4, -0.2) is 42.4 Å². The number of rotatable bonds is 5. The first-order valence-corrected chi connectivity index (χ1v) is 8.27. The first-order chi connectivity index (χ1) is 10.9. The van der Waals surface area contributed by atoms with E-state index in [4.69, 9.17) is 0 Å². The maximum Gasteiger partial charge on any atom is 0.238 e. The van der Waals surface area contributed by atoms with Crippen LogP contribution in [0.15, 0.2) is 24.3 Å². The van der Waals surface area contributed by atoms with E-state index in [1.807, 2.05) is 45.0 Å². The number of amides is 2. The number of anilines is 1. The number of hydrogen-bond donors (Lipinski definition) is 2. The van der Waals surface area contributed by atoms with Crippen LogP contribution in [0.2, 0.25) is 0 Å². The minimum absolute atomic E-state index is 0.0532. The zero-order valence-electron chi connectivity index (χ0n) is 16.0. The summed E-state index contributed by atoms with van der Waals surface area (Å²) in [4.78, 5) is 25.9. The van der Waals surface area contributed by atoms with Crippen LogP contribution >= 0.6 is 0 Å². The minimum Gasteiger partial charge on any atom is -0.350 e. The molecule has 1 aromatic rings. The lowest BCUT2D eigenvalue weighted by molar-refractivity contribution is -0.124. The third kappa shape index (κ3) is 7.13. The van der Waals surface area contributed by atoms with Crippen molar-refractivity contribution in [1.29, 1.82) is 0 Å². The van der Waals surface area contributed by atoms with Gasteiger partial charge in [-0.2, -0.15) is 0 Å². The Labute approximate surface area is 145 Å². The van der Waals surface area contributed by atoms with Gasteiger partial charge in [0.1, 0.15) is 0 Å². The van der Waals surface area contributed by atoms with E-state index in [1.165, 1.54) is 0 Å². The van der Waals surface area contributed by atoms with Crippen molar-refractivity contribution in [1.82, 2.24) is 10.2 Å². The third-order valence-corrected chi connectivity index (χ3v) is 3.35. The molecule has 0 atom stereocenters. The molecule has 0 aliphatic rings. The van der Waals surface area contributed by atoms with Gasteiger partial charge in [0.25, 0.3) is 0 Å². The van der Waals surface area contributed by atoms with Gasteiger partial charge in [-0.1, -0.05) is 39.0 Å². The van der Waals surface area contributed by atoms with Crippen LogP contribution in [0.5, 0.6) is 0 Å². The molecule has 1 aromatic carbocycles. The van der Waals surface area contributed by atoms with E-state index in [-0.39, 0.29) is 35.9 Å². The zero-order chi connectivity index (χ0) is 18.5. The van der Waals surface area contributed by atoms with E-state index in [2.05, 4.69) is 31.4 Å². The van der Waals surface area contributed by atoms with E-state index in [0.717, 1.165) is 11.3 Å². The smallest absolute Gasteiger partial charge is 0.238 e. The Morgan fingerprint density at radius 2 is 1.50 bits per heavy atom. The largest absolute Gasteiger partial charge is 0.350 e. The standard InChI is InChI=1S/C19H31N3O2/c1-18(2,3)14-10-8-9-11-15(14)20-16(23)12-22(7)13-17(24)21-19(4,5)6/h8-11H,12-13H2,1-7H3,(H,20,23)(H,21,24). The van der Waals surface area contributed by atoms with Crippen molar-refractivity contribution in [3.63, 3.8) is 0 Å². The van der Waals surface area contributed by atoms with Gasteiger partial charge in [0.2, 0.25) is 11.8 Å². The molecule has 0 aliphatic heterocycles. The molecule has 0 bridgehead atoms. The minimum atomic E-state index is -0.272. The molecule has 2 N–H and O–H groups in total. The summed E-state index contributed by atoms with van der Waals surface area (Å²) in [5.41, 5.74) is 1.59. The van der Waals surface area contributed by atoms with Crippen LogP contribution in [0.4, 0.5) is 5.69 Å². The lowest BCUT2D eigenvalue weighted by atomic mass is 9.86. The SMILES string of the molecule is CN(CC(=O)Nc1ccccc1C(C)(C)C)CC(=O)NC(C)(C)C. The van der Waals surface area contributed by atoms with Gasteiger partial charge < -0.3 is 10.6 Å². The molecule has 0 aliphatic carbocycles. The Balaban J connectivity index is 2.63. The summed E-state index contributed by atoms with van der Waals surface area (Å²) in [6.07, 6.45) is 0. The van der Waals surface area contributed by atoms with Crippen molar-refractivity contribution >= 4 is 17.5 Å². The highest BCUT2D eigenvalue weighted by molar-refractivity contribution is 5.93. The van der Waals surface area contributed by atoms with Gasteiger partial charge >= 0.3 is 0 Å². The molecule has 24 heavy (non-hydrogen) atoms. The van der Waals surface area contributed by atoms with Crippen molar-refractivity contribution in [2.75, 3.05) is 25.5 Å². The van der Waals surface area contributed by atoms with E-state index in [9.17, 15) is 9.59 Å². The molecule has 0 saturated carbocycles. The summed E-state index contributed by atoms with van der Waals surface area (Å²) in [6.45, 7) is 12.5. The quantitative estimate of drug-likeness (QED) is 0.871. The van der Waals surface area contributed by atoms with Crippen LogP contribution in [0.25, 0.3) is 0 Å². The van der Waals surface area contributed by atoms with E-state index >= 15 is 0 Å². The summed E-state index contributed by atoms with van der Waals surface area (Å²) in [5.74, 6) is -0.217. The first kappa shape index (κ1) is 20.2. The zero-order valence-corrected chi connectivity index (χ0v) is 16.0. The molecule has 0 fully saturated rings. The molecular formula is C19H31N3O2. The topological polar surface area (TPSA) is 61.4 Å². The van der Waals surface area contributed by atoms with Gasteiger partial charge in [-0.05, 0) is 44.9 Å². The maximum absolute atomic E-state index is 12.3. The Bertz CT molecular complexity index is 583. The van der Waals surface area contributed by atoms with Crippen molar-refractivity contribution in [3.05, 3.63) is 29.8 Å². The molecule has 1 rings (SSSR count). The molecule has 0 saturated heterocycles. The van der Waals surface area contributed by atoms with Crippen LogP contribution < -0.4 is 10.6 Å². The van der Waals surface area contributed by atoms with Crippen molar-refractivity contribution in [2.45, 2.75) is 52.5 Å². The van der Waals surface area contributed by atoms with Crippen molar-refractivity contribution in [2.24, 2.45) is 0 Å². The monoisotopic (exact) mass is 333 g/mol. The number of para-hydroxylation sites is 1. The third-order valence-electron chi connectivity index (χ3n) is 3.35. The summed E-state index contributed by atoms with van der Waals surface area (Å²) < 4.78 is 0. The van der Waals surface area contributed by atoms with Crippen molar-refractivity contribution < 1.29 is 9.59 Å². The summed E-state index contributed by atoms with van der Waals surface area (Å²) in [7, 11) is 1.76. The number of nitrogens with zero attached hydrogens (tertiary/aromatic N) is 1. The fourth-order valence-electron chi connectivity index (χ4n) is 2.44. The Kier molecular flexibility index (Phi) is 6.55. The van der Waals surface area contributed by atoms with E-state index in [0.29, 0.717) is 0 Å². The van der Waals surface area contributed by atoms with Crippen LogP contribution in [-0.2, 0) is 15.0 Å². The van der Waals surface area contributed by atoms with Crippen LogP contribution in [0, 0.1) is 0 Å². The number of benzene rings is 1. The van der Waals surface area contributed by atoms with E-state index < -0.39 is 0 Å². The Morgan fingerprint density at radius 3 is 2.04 bits per heavy atom. The summed E-state index contributed by atoms with van der Waals surface area (Å²) >= 11 is 0. The summed E-state index contributed by atoms with van der Waals surface area (Å²) in [5, 5.41) is 5.85. The average molecular weight is 333 g/mol. The molecular weight excluding hydrogens is 302 g/mol. The fourth-order valence-corrected chi connectivity index (χ4v) is 2.44. The van der Waals surface area contributed by atoms with Crippen LogP contribution in [0.3, 0.4) is 0 Å². The predicted octanol–water partition coefficient (Wildman–Crippen LogP) is 2.77. The van der Waals surface area contributed by atoms with Gasteiger partial charge in [-0.25, -0.2) is 0 Å². The average Bonchev–Trinajstić information content (AvgIpc) is 2.34. The molecule has 134 valence electrons. The number of hydrogen-bond acceptors (Lipinski definition) is 3. The van der Waals surface area contributed by atoms with Crippen molar-refractivity contribution in [3.8, 4) is 0 Å².